The molecule has 100 valence electrons. The number of aryl methyl sites for hydroxylation is 1. The Balaban J connectivity index is 1.84. The van der Waals surface area contributed by atoms with Gasteiger partial charge >= 0.3 is 0 Å². The van der Waals surface area contributed by atoms with Crippen molar-refractivity contribution >= 4 is 23.0 Å². The summed E-state index contributed by atoms with van der Waals surface area (Å²) in [6, 6.07) is 4.40. The van der Waals surface area contributed by atoms with E-state index in [0.29, 0.717) is 10.7 Å². The molecular weight excluding hydrogens is 268 g/mol. The zero-order valence-electron chi connectivity index (χ0n) is 10.1. The lowest BCUT2D eigenvalue weighted by molar-refractivity contribution is -0.384. The van der Waals surface area contributed by atoms with Gasteiger partial charge in [0.15, 0.2) is 0 Å². The molecule has 2 rings (SSSR count). The number of aromatic nitrogens is 2. The highest BCUT2D eigenvalue weighted by molar-refractivity contribution is 6.33. The average molecular weight is 281 g/mol. The summed E-state index contributed by atoms with van der Waals surface area (Å²) in [6.45, 7) is 1.59. The molecule has 19 heavy (non-hydrogen) atoms. The van der Waals surface area contributed by atoms with Gasteiger partial charge in [0.05, 0.1) is 22.0 Å². The summed E-state index contributed by atoms with van der Waals surface area (Å²) in [7, 11) is 0. The van der Waals surface area contributed by atoms with E-state index in [1.165, 1.54) is 12.1 Å². The first-order valence-electron chi connectivity index (χ1n) is 5.80. The molecule has 0 aliphatic heterocycles. The van der Waals surface area contributed by atoms with Crippen molar-refractivity contribution in [2.24, 2.45) is 0 Å². The molecule has 0 bridgehead atoms. The van der Waals surface area contributed by atoms with Gasteiger partial charge in [0.25, 0.3) is 5.69 Å². The van der Waals surface area contributed by atoms with E-state index in [1.807, 2.05) is 10.8 Å². The maximum absolute atomic E-state index is 10.6. The van der Waals surface area contributed by atoms with Crippen molar-refractivity contribution < 1.29 is 4.92 Å². The molecule has 0 radical (unpaired) electrons. The van der Waals surface area contributed by atoms with Crippen LogP contribution in [0.15, 0.2) is 36.9 Å². The minimum absolute atomic E-state index is 0.00559. The summed E-state index contributed by atoms with van der Waals surface area (Å²) in [5.74, 6) is 0. The molecule has 0 fully saturated rings. The number of nitrogens with one attached hydrogen (secondary N) is 1. The molecule has 1 aromatic carbocycles. The van der Waals surface area contributed by atoms with Crippen molar-refractivity contribution in [1.29, 1.82) is 0 Å². The summed E-state index contributed by atoms with van der Waals surface area (Å²) in [6.07, 6.45) is 6.31. The van der Waals surface area contributed by atoms with Crippen LogP contribution in [-0.4, -0.2) is 21.0 Å². The van der Waals surface area contributed by atoms with Crippen LogP contribution in [0.2, 0.25) is 5.02 Å². The van der Waals surface area contributed by atoms with Crippen molar-refractivity contribution in [3.8, 4) is 0 Å². The summed E-state index contributed by atoms with van der Waals surface area (Å²) in [5, 5.41) is 14.1. The third-order valence-corrected chi connectivity index (χ3v) is 2.94. The predicted molar refractivity (Wildman–Crippen MR) is 73.4 cm³/mol. The Morgan fingerprint density at radius 1 is 1.47 bits per heavy atom. The number of nitro groups is 1. The van der Waals surface area contributed by atoms with Gasteiger partial charge in [-0.15, -0.1) is 0 Å². The summed E-state index contributed by atoms with van der Waals surface area (Å²) >= 11 is 5.97. The lowest BCUT2D eigenvalue weighted by Gasteiger charge is -2.08. The first kappa shape index (κ1) is 13.4. The summed E-state index contributed by atoms with van der Waals surface area (Å²) in [5.41, 5.74) is 0.701. The van der Waals surface area contributed by atoms with E-state index < -0.39 is 4.92 Å². The number of non-ortho nitro benzene ring substituents is 1. The second-order valence-corrected chi connectivity index (χ2v) is 4.41. The minimum atomic E-state index is -0.464. The molecule has 0 amide bonds. The molecule has 2 aromatic rings. The number of hydrogen-bond acceptors (Lipinski definition) is 4. The molecule has 6 nitrogen and oxygen atoms in total. The van der Waals surface area contributed by atoms with Crippen molar-refractivity contribution in [1.82, 2.24) is 9.55 Å². The van der Waals surface area contributed by atoms with Gasteiger partial charge in [0.1, 0.15) is 0 Å². The second-order valence-electron chi connectivity index (χ2n) is 4.00. The van der Waals surface area contributed by atoms with Gasteiger partial charge in [-0.3, -0.25) is 10.1 Å². The van der Waals surface area contributed by atoms with Crippen LogP contribution in [0.25, 0.3) is 0 Å². The summed E-state index contributed by atoms with van der Waals surface area (Å²) in [4.78, 5) is 14.1. The molecule has 1 N–H and O–H groups in total. The molecule has 0 saturated carbocycles. The molecule has 0 atom stereocenters. The summed E-state index contributed by atoms with van der Waals surface area (Å²) < 4.78 is 1.99. The normalized spacial score (nSPS) is 10.4. The zero-order chi connectivity index (χ0) is 13.7. The van der Waals surface area contributed by atoms with Gasteiger partial charge in [0.2, 0.25) is 0 Å². The lowest BCUT2D eigenvalue weighted by Crippen LogP contribution is -2.06. The third-order valence-electron chi connectivity index (χ3n) is 2.63. The Morgan fingerprint density at radius 3 is 2.95 bits per heavy atom. The second kappa shape index (κ2) is 6.19. The first-order valence-corrected chi connectivity index (χ1v) is 6.18. The van der Waals surface area contributed by atoms with Gasteiger partial charge in [-0.1, -0.05) is 11.6 Å². The van der Waals surface area contributed by atoms with Gasteiger partial charge < -0.3 is 9.88 Å². The first-order chi connectivity index (χ1) is 9.16. The quantitative estimate of drug-likeness (QED) is 0.501. The molecule has 0 saturated heterocycles. The number of nitrogens with zero attached hydrogens (tertiary/aromatic N) is 3. The Morgan fingerprint density at radius 2 is 2.32 bits per heavy atom. The van der Waals surface area contributed by atoms with Crippen molar-refractivity contribution in [2.45, 2.75) is 13.0 Å². The zero-order valence-corrected chi connectivity index (χ0v) is 10.9. The standard InChI is InChI=1S/C12H13ClN4O2/c13-11-8-10(17(18)19)2-3-12(11)15-4-1-6-16-7-5-14-9-16/h2-3,5,7-9,15H,1,4,6H2. The van der Waals surface area contributed by atoms with E-state index in [1.54, 1.807) is 18.6 Å². The van der Waals surface area contributed by atoms with Crippen LogP contribution in [-0.2, 0) is 6.54 Å². The topological polar surface area (TPSA) is 73.0 Å². The maximum Gasteiger partial charge on any atom is 0.271 e. The smallest absolute Gasteiger partial charge is 0.271 e. The highest BCUT2D eigenvalue weighted by atomic mass is 35.5. The van der Waals surface area contributed by atoms with Gasteiger partial charge in [-0.05, 0) is 12.5 Å². The van der Waals surface area contributed by atoms with E-state index in [9.17, 15) is 10.1 Å². The third kappa shape index (κ3) is 3.69. The molecule has 0 unspecified atom stereocenters. The van der Waals surface area contributed by atoms with E-state index in [0.717, 1.165) is 19.5 Å². The van der Waals surface area contributed by atoms with Crippen LogP contribution in [0.4, 0.5) is 11.4 Å². The number of benzene rings is 1. The van der Waals surface area contributed by atoms with Gasteiger partial charge in [-0.25, -0.2) is 4.98 Å². The average Bonchev–Trinajstić information content (AvgIpc) is 2.89. The van der Waals surface area contributed by atoms with Crippen LogP contribution in [0.1, 0.15) is 6.42 Å². The number of nitro benzene ring substituents is 1. The van der Waals surface area contributed by atoms with Crippen LogP contribution in [0.5, 0.6) is 0 Å². The molecule has 1 aromatic heterocycles. The van der Waals surface area contributed by atoms with E-state index in [2.05, 4.69) is 10.3 Å². The minimum Gasteiger partial charge on any atom is -0.384 e. The monoisotopic (exact) mass is 280 g/mol. The fourth-order valence-corrected chi connectivity index (χ4v) is 1.91. The van der Waals surface area contributed by atoms with Crippen molar-refractivity contribution in [3.63, 3.8) is 0 Å². The highest BCUT2D eigenvalue weighted by Crippen LogP contribution is 2.26. The van der Waals surface area contributed by atoms with E-state index in [4.69, 9.17) is 11.6 Å². The molecular formula is C12H13ClN4O2. The van der Waals surface area contributed by atoms with E-state index >= 15 is 0 Å². The molecule has 0 spiro atoms. The van der Waals surface area contributed by atoms with Crippen molar-refractivity contribution in [3.05, 3.63) is 52.1 Å². The number of imidazole rings is 1. The molecule has 0 aliphatic rings. The van der Waals surface area contributed by atoms with Gasteiger partial charge in [0, 0.05) is 37.6 Å². The van der Waals surface area contributed by atoms with E-state index in [-0.39, 0.29) is 5.69 Å². The lowest BCUT2D eigenvalue weighted by atomic mass is 10.2. The van der Waals surface area contributed by atoms with Crippen molar-refractivity contribution in [2.75, 3.05) is 11.9 Å². The van der Waals surface area contributed by atoms with Crippen LogP contribution in [0, 0.1) is 10.1 Å². The number of rotatable bonds is 6. The van der Waals surface area contributed by atoms with Gasteiger partial charge in [-0.2, -0.15) is 0 Å². The fraction of sp³-hybridized carbons (Fsp3) is 0.250. The Bertz CT molecular complexity index is 557. The number of hydrogen-bond donors (Lipinski definition) is 1. The molecule has 1 heterocycles. The number of halogens is 1. The predicted octanol–water partition coefficient (Wildman–Crippen LogP) is 2.95. The van der Waals surface area contributed by atoms with Crippen LogP contribution < -0.4 is 5.32 Å². The highest BCUT2D eigenvalue weighted by Gasteiger charge is 2.08. The fourth-order valence-electron chi connectivity index (χ4n) is 1.66. The Kier molecular flexibility index (Phi) is 4.35. The van der Waals surface area contributed by atoms with Crippen LogP contribution >= 0.6 is 11.6 Å². The number of anilines is 1. The molecule has 0 aliphatic carbocycles. The largest absolute Gasteiger partial charge is 0.384 e. The Labute approximate surface area is 115 Å². The SMILES string of the molecule is O=[N+]([O-])c1ccc(NCCCn2ccnc2)c(Cl)c1. The molecule has 7 heteroatoms. The Hall–Kier alpha value is -2.08. The maximum atomic E-state index is 10.6. The van der Waals surface area contributed by atoms with Crippen LogP contribution in [0.3, 0.4) is 0 Å².